The number of carbonyl (C=O) groups is 1. The van der Waals surface area contributed by atoms with Crippen LogP contribution in [-0.2, 0) is 16.6 Å². The van der Waals surface area contributed by atoms with Gasteiger partial charge in [-0.2, -0.15) is 0 Å². The van der Waals surface area contributed by atoms with Crippen LogP contribution in [-0.4, -0.2) is 58.4 Å². The van der Waals surface area contributed by atoms with Gasteiger partial charge < -0.3 is 9.80 Å². The third kappa shape index (κ3) is 6.46. The zero-order valence-corrected chi connectivity index (χ0v) is 16.9. The van der Waals surface area contributed by atoms with E-state index in [1.807, 2.05) is 49.3 Å². The van der Waals surface area contributed by atoms with Gasteiger partial charge in [0.2, 0.25) is 10.0 Å². The van der Waals surface area contributed by atoms with Gasteiger partial charge in [0.15, 0.2) is 0 Å². The monoisotopic (exact) mass is 389 g/mol. The minimum atomic E-state index is -3.56. The Morgan fingerprint density at radius 2 is 1.59 bits per heavy atom. The van der Waals surface area contributed by atoms with Crippen LogP contribution in [0.2, 0.25) is 0 Å². The number of benzene rings is 2. The van der Waals surface area contributed by atoms with Crippen molar-refractivity contribution in [1.29, 1.82) is 0 Å². The highest BCUT2D eigenvalue weighted by Crippen LogP contribution is 2.13. The normalized spacial score (nSPS) is 11.6. The Balaban J connectivity index is 1.98. The van der Waals surface area contributed by atoms with Crippen LogP contribution >= 0.6 is 0 Å². The van der Waals surface area contributed by atoms with Gasteiger partial charge in [-0.05, 0) is 56.9 Å². The van der Waals surface area contributed by atoms with Gasteiger partial charge in [0, 0.05) is 25.7 Å². The number of hydrogen-bond acceptors (Lipinski definition) is 4. The maximum absolute atomic E-state index is 12.5. The van der Waals surface area contributed by atoms with Gasteiger partial charge in [0.25, 0.3) is 5.91 Å². The molecule has 1 N–H and O–H groups in total. The van der Waals surface area contributed by atoms with Crippen LogP contribution in [0.5, 0.6) is 0 Å². The van der Waals surface area contributed by atoms with Crippen molar-refractivity contribution in [2.75, 3.05) is 34.2 Å². The molecule has 2 aromatic carbocycles. The lowest BCUT2D eigenvalue weighted by atomic mass is 10.1. The lowest BCUT2D eigenvalue weighted by Crippen LogP contribution is -2.28. The van der Waals surface area contributed by atoms with E-state index in [-0.39, 0.29) is 10.8 Å². The van der Waals surface area contributed by atoms with Gasteiger partial charge in [0.05, 0.1) is 4.90 Å². The molecule has 0 saturated heterocycles. The van der Waals surface area contributed by atoms with Crippen LogP contribution in [0.1, 0.15) is 22.3 Å². The van der Waals surface area contributed by atoms with E-state index in [1.165, 1.54) is 12.1 Å². The van der Waals surface area contributed by atoms with Gasteiger partial charge in [0.1, 0.15) is 0 Å². The van der Waals surface area contributed by atoms with Crippen LogP contribution in [0, 0.1) is 0 Å². The number of rotatable bonds is 9. The van der Waals surface area contributed by atoms with Crippen molar-refractivity contribution in [2.24, 2.45) is 0 Å². The molecule has 0 aromatic heterocycles. The molecule has 0 aliphatic carbocycles. The minimum absolute atomic E-state index is 0.151. The Kier molecular flexibility index (Phi) is 7.53. The first-order valence-corrected chi connectivity index (χ1v) is 10.3. The fourth-order valence-corrected chi connectivity index (χ4v) is 3.69. The molecular weight excluding hydrogens is 362 g/mol. The zero-order chi connectivity index (χ0) is 19.9. The van der Waals surface area contributed by atoms with E-state index in [0.29, 0.717) is 18.7 Å². The predicted octanol–water partition coefficient (Wildman–Crippen LogP) is 2.19. The number of sulfonamides is 1. The highest BCUT2D eigenvalue weighted by molar-refractivity contribution is 7.89. The predicted molar refractivity (Wildman–Crippen MR) is 107 cm³/mol. The first-order chi connectivity index (χ1) is 12.8. The Morgan fingerprint density at radius 1 is 0.963 bits per heavy atom. The van der Waals surface area contributed by atoms with E-state index in [9.17, 15) is 13.2 Å². The summed E-state index contributed by atoms with van der Waals surface area (Å²) in [5, 5.41) is 0. The van der Waals surface area contributed by atoms with Crippen molar-refractivity contribution in [3.63, 3.8) is 0 Å². The smallest absolute Gasteiger partial charge is 0.253 e. The summed E-state index contributed by atoms with van der Waals surface area (Å²) >= 11 is 0. The summed E-state index contributed by atoms with van der Waals surface area (Å²) in [5.41, 5.74) is 1.49. The van der Waals surface area contributed by atoms with Gasteiger partial charge in [-0.25, -0.2) is 13.1 Å². The summed E-state index contributed by atoms with van der Waals surface area (Å²) in [5.74, 6) is -0.151. The summed E-state index contributed by atoms with van der Waals surface area (Å²) < 4.78 is 27.2. The highest BCUT2D eigenvalue weighted by atomic mass is 32.2. The van der Waals surface area contributed by atoms with Crippen molar-refractivity contribution >= 4 is 15.9 Å². The lowest BCUT2D eigenvalue weighted by Gasteiger charge is -2.17. The van der Waals surface area contributed by atoms with E-state index < -0.39 is 10.0 Å². The molecule has 27 heavy (non-hydrogen) atoms. The molecule has 0 spiro atoms. The highest BCUT2D eigenvalue weighted by Gasteiger charge is 2.16. The average molecular weight is 390 g/mol. The summed E-state index contributed by atoms with van der Waals surface area (Å²) in [4.78, 5) is 16.3. The fourth-order valence-electron chi connectivity index (χ4n) is 2.61. The number of nitrogens with zero attached hydrogens (tertiary/aromatic N) is 2. The van der Waals surface area contributed by atoms with Crippen molar-refractivity contribution in [1.82, 2.24) is 14.5 Å². The van der Waals surface area contributed by atoms with Crippen molar-refractivity contribution in [3.05, 3.63) is 65.7 Å². The van der Waals surface area contributed by atoms with Crippen LogP contribution in [0.15, 0.2) is 59.5 Å². The van der Waals surface area contributed by atoms with Crippen LogP contribution in [0.4, 0.5) is 0 Å². The molecule has 0 bridgehead atoms. The Morgan fingerprint density at radius 3 is 2.19 bits per heavy atom. The van der Waals surface area contributed by atoms with Gasteiger partial charge in [-0.1, -0.05) is 30.3 Å². The fraction of sp³-hybridized carbons (Fsp3) is 0.350. The van der Waals surface area contributed by atoms with Crippen LogP contribution in [0.3, 0.4) is 0 Å². The Hall–Kier alpha value is -2.22. The van der Waals surface area contributed by atoms with E-state index >= 15 is 0 Å². The first-order valence-electron chi connectivity index (χ1n) is 8.83. The topological polar surface area (TPSA) is 69.7 Å². The largest absolute Gasteiger partial charge is 0.337 e. The Labute approximate surface area is 161 Å². The number of nitrogens with one attached hydrogen (secondary N) is 1. The second-order valence-corrected chi connectivity index (χ2v) is 8.49. The Bertz CT molecular complexity index is 835. The molecule has 6 nitrogen and oxygen atoms in total. The summed E-state index contributed by atoms with van der Waals surface area (Å²) in [6, 6.07) is 15.8. The maximum atomic E-state index is 12.5. The second-order valence-electron chi connectivity index (χ2n) is 6.73. The quantitative estimate of drug-likeness (QED) is 0.668. The molecule has 1 amide bonds. The van der Waals surface area contributed by atoms with Gasteiger partial charge >= 0.3 is 0 Å². The van der Waals surface area contributed by atoms with Crippen LogP contribution in [0.25, 0.3) is 0 Å². The molecule has 0 saturated carbocycles. The maximum Gasteiger partial charge on any atom is 0.253 e. The second kappa shape index (κ2) is 9.64. The third-order valence-corrected chi connectivity index (χ3v) is 5.57. The summed E-state index contributed by atoms with van der Waals surface area (Å²) in [6.07, 6.45) is 0.729. The van der Waals surface area contributed by atoms with E-state index in [4.69, 9.17) is 0 Å². The molecule has 0 fully saturated rings. The average Bonchev–Trinajstić information content (AvgIpc) is 2.65. The van der Waals surface area contributed by atoms with Gasteiger partial charge in [-0.15, -0.1) is 0 Å². The molecule has 0 unspecified atom stereocenters. The molecule has 0 atom stereocenters. The zero-order valence-electron chi connectivity index (χ0n) is 16.1. The standard InChI is InChI=1S/C20H27N3O3S/c1-22(2)15-7-14-21-27(25,26)19-12-10-18(11-13-19)20(24)23(3)16-17-8-5-4-6-9-17/h4-6,8-13,21H,7,14-16H2,1-3H3. The number of hydrogen-bond donors (Lipinski definition) is 1. The minimum Gasteiger partial charge on any atom is -0.337 e. The number of carbonyl (C=O) groups excluding carboxylic acids is 1. The van der Waals surface area contributed by atoms with E-state index in [2.05, 4.69) is 4.72 Å². The molecule has 0 aliphatic rings. The van der Waals surface area contributed by atoms with Crippen LogP contribution < -0.4 is 4.72 Å². The number of amides is 1. The summed E-state index contributed by atoms with van der Waals surface area (Å²) in [6.45, 7) is 1.68. The molecule has 0 heterocycles. The molecular formula is C20H27N3O3S. The summed E-state index contributed by atoms with van der Waals surface area (Å²) in [7, 11) is 2.05. The molecule has 0 radical (unpaired) electrons. The van der Waals surface area contributed by atoms with Crippen molar-refractivity contribution in [3.8, 4) is 0 Å². The van der Waals surface area contributed by atoms with Crippen molar-refractivity contribution < 1.29 is 13.2 Å². The molecule has 7 heteroatoms. The molecule has 0 aliphatic heterocycles. The molecule has 146 valence electrons. The van der Waals surface area contributed by atoms with E-state index in [0.717, 1.165) is 18.5 Å². The third-order valence-electron chi connectivity index (χ3n) is 4.10. The first kappa shape index (κ1) is 21.1. The molecule has 2 rings (SSSR count). The SMILES string of the molecule is CN(C)CCCNS(=O)(=O)c1ccc(C(=O)N(C)Cc2ccccc2)cc1. The van der Waals surface area contributed by atoms with Crippen molar-refractivity contribution in [2.45, 2.75) is 17.9 Å². The van der Waals surface area contributed by atoms with Gasteiger partial charge in [-0.3, -0.25) is 4.79 Å². The lowest BCUT2D eigenvalue weighted by molar-refractivity contribution is 0.0785. The molecule has 2 aromatic rings. The van der Waals surface area contributed by atoms with E-state index in [1.54, 1.807) is 24.1 Å².